The van der Waals surface area contributed by atoms with Crippen molar-refractivity contribution in [3.63, 3.8) is 0 Å². The van der Waals surface area contributed by atoms with Crippen LogP contribution in [0.25, 0.3) is 0 Å². The summed E-state index contributed by atoms with van der Waals surface area (Å²) in [6.45, 7) is 7.56. The normalized spacial score (nSPS) is 43.0. The van der Waals surface area contributed by atoms with E-state index < -0.39 is 5.67 Å². The molecule has 2 heteroatoms. The first-order valence-electron chi connectivity index (χ1n) is 4.98. The summed E-state index contributed by atoms with van der Waals surface area (Å²) < 4.78 is 14.1. The van der Waals surface area contributed by atoms with Gasteiger partial charge in [0.15, 0.2) is 0 Å². The zero-order valence-corrected chi connectivity index (χ0v) is 8.36. The van der Waals surface area contributed by atoms with Crippen LogP contribution < -0.4 is 5.32 Å². The van der Waals surface area contributed by atoms with Gasteiger partial charge in [-0.25, -0.2) is 4.39 Å². The molecular formula is C10H20FN. The first-order valence-corrected chi connectivity index (χ1v) is 4.98. The topological polar surface area (TPSA) is 12.0 Å². The van der Waals surface area contributed by atoms with Gasteiger partial charge in [0.25, 0.3) is 0 Å². The van der Waals surface area contributed by atoms with E-state index in [-0.39, 0.29) is 11.8 Å². The summed E-state index contributed by atoms with van der Waals surface area (Å²) in [6.07, 6.45) is 2.09. The molecule has 1 N–H and O–H groups in total. The number of rotatable bonds is 2. The van der Waals surface area contributed by atoms with Crippen LogP contribution in [-0.4, -0.2) is 18.8 Å². The van der Waals surface area contributed by atoms with E-state index in [0.29, 0.717) is 0 Å². The molecular weight excluding hydrogens is 153 g/mol. The molecule has 3 atom stereocenters. The Bertz CT molecular complexity index is 143. The van der Waals surface area contributed by atoms with Crippen LogP contribution in [0, 0.1) is 11.8 Å². The van der Waals surface area contributed by atoms with Crippen LogP contribution in [0.2, 0.25) is 0 Å². The maximum atomic E-state index is 14.1. The Morgan fingerprint density at radius 1 is 1.50 bits per heavy atom. The molecule has 3 unspecified atom stereocenters. The van der Waals surface area contributed by atoms with Gasteiger partial charge in [0.2, 0.25) is 0 Å². The lowest BCUT2D eigenvalue weighted by Gasteiger charge is -2.40. The van der Waals surface area contributed by atoms with Gasteiger partial charge in [0, 0.05) is 24.9 Å². The van der Waals surface area contributed by atoms with Crippen LogP contribution in [-0.2, 0) is 0 Å². The molecule has 0 amide bonds. The minimum atomic E-state index is -0.957. The van der Waals surface area contributed by atoms with Crippen LogP contribution in [0.15, 0.2) is 0 Å². The molecule has 0 aliphatic carbocycles. The molecule has 0 spiro atoms. The number of piperidine rings is 1. The molecule has 0 aromatic carbocycles. The quantitative estimate of drug-likeness (QED) is 0.676. The van der Waals surface area contributed by atoms with Crippen molar-refractivity contribution in [3.05, 3.63) is 0 Å². The number of halogens is 1. The molecule has 0 aromatic heterocycles. The molecule has 1 nitrogen and oxygen atoms in total. The molecule has 0 saturated carbocycles. The van der Waals surface area contributed by atoms with Gasteiger partial charge in [0.1, 0.15) is 5.67 Å². The Labute approximate surface area is 74.7 Å². The van der Waals surface area contributed by atoms with Crippen molar-refractivity contribution in [2.45, 2.75) is 39.3 Å². The fraction of sp³-hybridized carbons (Fsp3) is 1.00. The van der Waals surface area contributed by atoms with Gasteiger partial charge in [-0.2, -0.15) is 0 Å². The Morgan fingerprint density at radius 3 is 2.75 bits per heavy atom. The lowest BCUT2D eigenvalue weighted by Crippen LogP contribution is -2.51. The van der Waals surface area contributed by atoms with Crippen molar-refractivity contribution in [2.24, 2.45) is 11.8 Å². The average Bonchev–Trinajstić information content (AvgIpc) is 2.00. The minimum Gasteiger partial charge on any atom is -0.316 e. The van der Waals surface area contributed by atoms with E-state index in [1.165, 1.54) is 0 Å². The molecule has 0 radical (unpaired) electrons. The van der Waals surface area contributed by atoms with Gasteiger partial charge >= 0.3 is 0 Å². The highest BCUT2D eigenvalue weighted by Crippen LogP contribution is 2.35. The molecule has 1 saturated heterocycles. The summed E-state index contributed by atoms with van der Waals surface area (Å²) in [5, 5.41) is 3.29. The van der Waals surface area contributed by atoms with Crippen LogP contribution in [0.5, 0.6) is 0 Å². The standard InChI is InChI=1S/C10H20FN/c1-4-5-9-7-12-6-8(2)10(9,3)11/h8-9,12H,4-7H2,1-3H3. The van der Waals surface area contributed by atoms with Crippen molar-refractivity contribution < 1.29 is 4.39 Å². The molecule has 1 rings (SSSR count). The fourth-order valence-electron chi connectivity index (χ4n) is 2.01. The Kier molecular flexibility index (Phi) is 3.10. The summed E-state index contributed by atoms with van der Waals surface area (Å²) in [5.41, 5.74) is -0.957. The summed E-state index contributed by atoms with van der Waals surface area (Å²) in [7, 11) is 0. The predicted molar refractivity (Wildman–Crippen MR) is 49.9 cm³/mol. The first kappa shape index (κ1) is 9.97. The number of hydrogen-bond acceptors (Lipinski definition) is 1. The van der Waals surface area contributed by atoms with E-state index in [9.17, 15) is 4.39 Å². The number of alkyl halides is 1. The third-order valence-electron chi connectivity index (χ3n) is 3.24. The molecule has 1 aliphatic heterocycles. The van der Waals surface area contributed by atoms with Crippen molar-refractivity contribution in [2.75, 3.05) is 13.1 Å². The minimum absolute atomic E-state index is 0.155. The van der Waals surface area contributed by atoms with Crippen LogP contribution >= 0.6 is 0 Å². The Morgan fingerprint density at radius 2 is 2.17 bits per heavy atom. The Hall–Kier alpha value is -0.110. The molecule has 12 heavy (non-hydrogen) atoms. The number of hydrogen-bond donors (Lipinski definition) is 1. The van der Waals surface area contributed by atoms with Crippen LogP contribution in [0.4, 0.5) is 4.39 Å². The monoisotopic (exact) mass is 173 g/mol. The summed E-state index contributed by atoms with van der Waals surface area (Å²) in [5.74, 6) is 0.369. The highest BCUT2D eigenvalue weighted by molar-refractivity contribution is 4.93. The van der Waals surface area contributed by atoms with Crippen LogP contribution in [0.3, 0.4) is 0 Å². The van der Waals surface area contributed by atoms with Gasteiger partial charge in [-0.05, 0) is 13.3 Å². The second kappa shape index (κ2) is 3.73. The summed E-state index contributed by atoms with van der Waals surface area (Å²) >= 11 is 0. The van der Waals surface area contributed by atoms with Crippen molar-refractivity contribution in [1.29, 1.82) is 0 Å². The van der Waals surface area contributed by atoms with E-state index in [2.05, 4.69) is 12.2 Å². The average molecular weight is 173 g/mol. The summed E-state index contributed by atoms with van der Waals surface area (Å²) in [6, 6.07) is 0. The van der Waals surface area contributed by atoms with E-state index in [4.69, 9.17) is 0 Å². The lowest BCUT2D eigenvalue weighted by atomic mass is 9.76. The largest absolute Gasteiger partial charge is 0.316 e. The van der Waals surface area contributed by atoms with Crippen molar-refractivity contribution >= 4 is 0 Å². The van der Waals surface area contributed by atoms with E-state index in [0.717, 1.165) is 25.9 Å². The second-order valence-electron chi connectivity index (χ2n) is 4.20. The van der Waals surface area contributed by atoms with Crippen molar-refractivity contribution in [3.8, 4) is 0 Å². The first-order chi connectivity index (χ1) is 5.59. The van der Waals surface area contributed by atoms with E-state index >= 15 is 0 Å². The molecule has 72 valence electrons. The Balaban J connectivity index is 2.59. The van der Waals surface area contributed by atoms with Gasteiger partial charge in [-0.1, -0.05) is 20.3 Å². The van der Waals surface area contributed by atoms with Crippen molar-refractivity contribution in [1.82, 2.24) is 5.32 Å². The second-order valence-corrected chi connectivity index (χ2v) is 4.20. The van der Waals surface area contributed by atoms with Gasteiger partial charge in [-0.3, -0.25) is 0 Å². The summed E-state index contributed by atoms with van der Waals surface area (Å²) in [4.78, 5) is 0. The molecule has 1 heterocycles. The van der Waals surface area contributed by atoms with Gasteiger partial charge in [-0.15, -0.1) is 0 Å². The molecule has 0 aromatic rings. The lowest BCUT2D eigenvalue weighted by molar-refractivity contribution is 0.0124. The van der Waals surface area contributed by atoms with Gasteiger partial charge < -0.3 is 5.32 Å². The maximum Gasteiger partial charge on any atom is 0.116 e. The SMILES string of the molecule is CCCC1CNCC(C)C1(C)F. The smallest absolute Gasteiger partial charge is 0.116 e. The highest BCUT2D eigenvalue weighted by atomic mass is 19.1. The fourth-order valence-corrected chi connectivity index (χ4v) is 2.01. The maximum absolute atomic E-state index is 14.1. The molecule has 1 aliphatic rings. The van der Waals surface area contributed by atoms with Gasteiger partial charge in [0.05, 0.1) is 0 Å². The highest BCUT2D eigenvalue weighted by Gasteiger charge is 2.41. The molecule has 1 fully saturated rings. The zero-order valence-electron chi connectivity index (χ0n) is 8.36. The van der Waals surface area contributed by atoms with E-state index in [1.54, 1.807) is 6.92 Å². The zero-order chi connectivity index (χ0) is 9.19. The van der Waals surface area contributed by atoms with Crippen LogP contribution in [0.1, 0.15) is 33.6 Å². The molecule has 0 bridgehead atoms. The number of nitrogens with one attached hydrogen (secondary N) is 1. The third-order valence-corrected chi connectivity index (χ3v) is 3.24. The van der Waals surface area contributed by atoms with E-state index in [1.807, 2.05) is 6.92 Å². The predicted octanol–water partition coefficient (Wildman–Crippen LogP) is 2.37. The third kappa shape index (κ3) is 1.79.